The van der Waals surface area contributed by atoms with Crippen LogP contribution in [0.1, 0.15) is 34.6 Å². The number of rotatable bonds is 2. The molecule has 0 unspecified atom stereocenters. The summed E-state index contributed by atoms with van der Waals surface area (Å²) in [6, 6.07) is 0. The van der Waals surface area contributed by atoms with Crippen molar-refractivity contribution in [2.75, 3.05) is 6.61 Å². The van der Waals surface area contributed by atoms with E-state index in [4.69, 9.17) is 5.11 Å². The van der Waals surface area contributed by atoms with Gasteiger partial charge < -0.3 is 5.11 Å². The van der Waals surface area contributed by atoms with E-state index >= 15 is 0 Å². The zero-order valence-corrected chi connectivity index (χ0v) is 7.81. The predicted molar refractivity (Wildman–Crippen MR) is 44.9 cm³/mol. The van der Waals surface area contributed by atoms with Crippen LogP contribution < -0.4 is 0 Å². The Labute approximate surface area is 64.5 Å². The fraction of sp³-hybridized carbons (Fsp3) is 1.00. The lowest BCUT2D eigenvalue weighted by molar-refractivity contribution is 0.0923. The molecule has 0 aliphatic rings. The highest BCUT2D eigenvalue weighted by molar-refractivity contribution is 4.75. The SMILES string of the molecule is CC(C)[C@@H](CO)C(C)(C)C. The standard InChI is InChI=1S/C9H20O/c1-7(2)8(6-10)9(3,4)5/h7-8,10H,6H2,1-5H3/t8-/m1/s1. The van der Waals surface area contributed by atoms with Gasteiger partial charge in [0, 0.05) is 6.61 Å². The maximum atomic E-state index is 9.03. The second-order valence-electron chi connectivity index (χ2n) is 4.40. The number of aliphatic hydroxyl groups is 1. The molecule has 0 aromatic rings. The predicted octanol–water partition coefficient (Wildman–Crippen LogP) is 2.30. The fourth-order valence-corrected chi connectivity index (χ4v) is 1.48. The minimum Gasteiger partial charge on any atom is -0.396 e. The summed E-state index contributed by atoms with van der Waals surface area (Å²) in [5.74, 6) is 0.998. The van der Waals surface area contributed by atoms with Crippen LogP contribution in [-0.2, 0) is 0 Å². The highest BCUT2D eigenvalue weighted by Gasteiger charge is 2.26. The van der Waals surface area contributed by atoms with Crippen molar-refractivity contribution in [3.63, 3.8) is 0 Å². The molecule has 0 aromatic heterocycles. The highest BCUT2D eigenvalue weighted by Crippen LogP contribution is 2.31. The zero-order chi connectivity index (χ0) is 8.36. The van der Waals surface area contributed by atoms with Crippen LogP contribution in [0, 0.1) is 17.3 Å². The Morgan fingerprint density at radius 3 is 1.60 bits per heavy atom. The van der Waals surface area contributed by atoms with Crippen LogP contribution in [0.3, 0.4) is 0 Å². The molecule has 0 aromatic carbocycles. The first kappa shape index (κ1) is 9.96. The van der Waals surface area contributed by atoms with Gasteiger partial charge in [-0.1, -0.05) is 34.6 Å². The smallest absolute Gasteiger partial charge is 0.0466 e. The van der Waals surface area contributed by atoms with Crippen LogP contribution in [0.25, 0.3) is 0 Å². The van der Waals surface area contributed by atoms with Crippen molar-refractivity contribution < 1.29 is 5.11 Å². The van der Waals surface area contributed by atoms with E-state index in [2.05, 4.69) is 34.6 Å². The van der Waals surface area contributed by atoms with Crippen LogP contribution in [0.5, 0.6) is 0 Å². The van der Waals surface area contributed by atoms with Gasteiger partial charge in [0.15, 0.2) is 0 Å². The third-order valence-corrected chi connectivity index (χ3v) is 2.11. The van der Waals surface area contributed by atoms with E-state index in [9.17, 15) is 0 Å². The first-order valence-corrected chi connectivity index (χ1v) is 4.00. The van der Waals surface area contributed by atoms with E-state index in [1.165, 1.54) is 0 Å². The lowest BCUT2D eigenvalue weighted by Gasteiger charge is -2.32. The fourth-order valence-electron chi connectivity index (χ4n) is 1.48. The van der Waals surface area contributed by atoms with E-state index in [1.54, 1.807) is 0 Å². The third kappa shape index (κ3) is 2.70. The van der Waals surface area contributed by atoms with E-state index in [0.29, 0.717) is 18.4 Å². The largest absolute Gasteiger partial charge is 0.396 e. The van der Waals surface area contributed by atoms with Gasteiger partial charge in [0.2, 0.25) is 0 Å². The zero-order valence-electron chi connectivity index (χ0n) is 7.81. The van der Waals surface area contributed by atoms with Gasteiger partial charge in [-0.2, -0.15) is 0 Å². The van der Waals surface area contributed by atoms with Crippen molar-refractivity contribution in [1.29, 1.82) is 0 Å². The minimum absolute atomic E-state index is 0.239. The Morgan fingerprint density at radius 1 is 1.20 bits per heavy atom. The summed E-state index contributed by atoms with van der Waals surface area (Å²) in [5.41, 5.74) is 0.239. The van der Waals surface area contributed by atoms with E-state index in [-0.39, 0.29) is 5.41 Å². The second-order valence-corrected chi connectivity index (χ2v) is 4.40. The summed E-state index contributed by atoms with van der Waals surface area (Å²) in [5, 5.41) is 9.03. The molecule has 0 amide bonds. The van der Waals surface area contributed by atoms with Crippen molar-refractivity contribution in [2.45, 2.75) is 34.6 Å². The van der Waals surface area contributed by atoms with Crippen molar-refractivity contribution in [3.05, 3.63) is 0 Å². The first-order chi connectivity index (χ1) is 4.39. The molecule has 0 bridgehead atoms. The molecule has 0 rings (SSSR count). The van der Waals surface area contributed by atoms with Gasteiger partial charge in [-0.25, -0.2) is 0 Å². The van der Waals surface area contributed by atoms with Gasteiger partial charge >= 0.3 is 0 Å². The van der Waals surface area contributed by atoms with Gasteiger partial charge in [0.25, 0.3) is 0 Å². The van der Waals surface area contributed by atoms with Crippen LogP contribution in [0.4, 0.5) is 0 Å². The molecule has 1 nitrogen and oxygen atoms in total. The number of hydrogen-bond acceptors (Lipinski definition) is 1. The summed E-state index contributed by atoms with van der Waals surface area (Å²) in [7, 11) is 0. The molecule has 1 N–H and O–H groups in total. The molecule has 0 spiro atoms. The molecule has 10 heavy (non-hydrogen) atoms. The summed E-state index contributed by atoms with van der Waals surface area (Å²) in [6.07, 6.45) is 0. The van der Waals surface area contributed by atoms with Gasteiger partial charge in [0.1, 0.15) is 0 Å². The topological polar surface area (TPSA) is 20.2 Å². The lowest BCUT2D eigenvalue weighted by Crippen LogP contribution is -2.28. The van der Waals surface area contributed by atoms with Gasteiger partial charge in [-0.15, -0.1) is 0 Å². The maximum Gasteiger partial charge on any atom is 0.0466 e. The Bertz CT molecular complexity index is 89.4. The van der Waals surface area contributed by atoms with E-state index < -0.39 is 0 Å². The van der Waals surface area contributed by atoms with Crippen LogP contribution in [0.2, 0.25) is 0 Å². The molecule has 1 heteroatoms. The molecule has 0 fully saturated rings. The van der Waals surface area contributed by atoms with E-state index in [1.807, 2.05) is 0 Å². The average molecular weight is 144 g/mol. The minimum atomic E-state index is 0.239. The maximum absolute atomic E-state index is 9.03. The van der Waals surface area contributed by atoms with Gasteiger partial charge in [-0.3, -0.25) is 0 Å². The first-order valence-electron chi connectivity index (χ1n) is 4.00. The third-order valence-electron chi connectivity index (χ3n) is 2.11. The molecule has 0 saturated heterocycles. The monoisotopic (exact) mass is 144 g/mol. The molecular weight excluding hydrogens is 124 g/mol. The van der Waals surface area contributed by atoms with E-state index in [0.717, 1.165) is 0 Å². The molecule has 0 radical (unpaired) electrons. The van der Waals surface area contributed by atoms with Crippen molar-refractivity contribution in [2.24, 2.45) is 17.3 Å². The Balaban J connectivity index is 4.07. The number of aliphatic hydroxyl groups excluding tert-OH is 1. The summed E-state index contributed by atoms with van der Waals surface area (Å²) in [6.45, 7) is 11.1. The molecular formula is C9H20O. The molecule has 0 aliphatic heterocycles. The normalized spacial score (nSPS) is 15.9. The molecule has 0 aliphatic carbocycles. The summed E-state index contributed by atoms with van der Waals surface area (Å²) < 4.78 is 0. The van der Waals surface area contributed by atoms with Crippen LogP contribution >= 0.6 is 0 Å². The highest BCUT2D eigenvalue weighted by atomic mass is 16.3. The molecule has 0 saturated carbocycles. The quantitative estimate of drug-likeness (QED) is 0.630. The Kier molecular flexibility index (Phi) is 3.37. The molecule has 62 valence electrons. The lowest BCUT2D eigenvalue weighted by atomic mass is 9.75. The van der Waals surface area contributed by atoms with Gasteiger partial charge in [0.05, 0.1) is 0 Å². The number of hydrogen-bond donors (Lipinski definition) is 1. The summed E-state index contributed by atoms with van der Waals surface area (Å²) in [4.78, 5) is 0. The second kappa shape index (κ2) is 3.38. The molecule has 0 heterocycles. The summed E-state index contributed by atoms with van der Waals surface area (Å²) >= 11 is 0. The van der Waals surface area contributed by atoms with Gasteiger partial charge in [-0.05, 0) is 17.3 Å². The average Bonchev–Trinajstić information content (AvgIpc) is 1.60. The van der Waals surface area contributed by atoms with Crippen LogP contribution in [0.15, 0.2) is 0 Å². The van der Waals surface area contributed by atoms with Crippen molar-refractivity contribution in [1.82, 2.24) is 0 Å². The Morgan fingerprint density at radius 2 is 1.60 bits per heavy atom. The van der Waals surface area contributed by atoms with Crippen LogP contribution in [-0.4, -0.2) is 11.7 Å². The molecule has 1 atom stereocenters. The van der Waals surface area contributed by atoms with Crippen molar-refractivity contribution in [3.8, 4) is 0 Å². The van der Waals surface area contributed by atoms with Crippen molar-refractivity contribution >= 4 is 0 Å². The Hall–Kier alpha value is -0.0400.